The number of benzene rings is 1. The summed E-state index contributed by atoms with van der Waals surface area (Å²) in [5.74, 6) is -1.82. The lowest BCUT2D eigenvalue weighted by atomic mass is 10.1. The van der Waals surface area contributed by atoms with Crippen LogP contribution in [0.2, 0.25) is 0 Å². The second kappa shape index (κ2) is 7.29. The molecule has 9 heteroatoms. The summed E-state index contributed by atoms with van der Waals surface area (Å²) in [4.78, 5) is 47.9. The maximum absolute atomic E-state index is 12.4. The summed E-state index contributed by atoms with van der Waals surface area (Å²) in [5.41, 5.74) is -0.280. The summed E-state index contributed by atoms with van der Waals surface area (Å²) in [6.45, 7) is 4.02. The highest BCUT2D eigenvalue weighted by Crippen LogP contribution is 2.25. The molecule has 25 heavy (non-hydrogen) atoms. The van der Waals surface area contributed by atoms with Crippen LogP contribution in [0.15, 0.2) is 18.2 Å². The van der Waals surface area contributed by atoms with Crippen LogP contribution in [0.1, 0.15) is 30.6 Å². The molecule has 1 heterocycles. The molecule has 1 aromatic carbocycles. The Morgan fingerprint density at radius 2 is 2.04 bits per heavy atom. The second-order valence-corrected chi connectivity index (χ2v) is 6.05. The quantitative estimate of drug-likeness (QED) is 0.490. The Labute approximate surface area is 144 Å². The molecule has 1 aromatic rings. The third kappa shape index (κ3) is 4.11. The van der Waals surface area contributed by atoms with Crippen molar-refractivity contribution < 1.29 is 24.0 Å². The molecule has 9 nitrogen and oxygen atoms in total. The van der Waals surface area contributed by atoms with Gasteiger partial charge in [-0.25, -0.2) is 4.79 Å². The van der Waals surface area contributed by atoms with E-state index in [1.54, 1.807) is 4.90 Å². The number of esters is 1. The highest BCUT2D eigenvalue weighted by atomic mass is 16.6. The normalized spacial score (nSPS) is 16.9. The van der Waals surface area contributed by atoms with Gasteiger partial charge < -0.3 is 15.0 Å². The van der Waals surface area contributed by atoms with E-state index < -0.39 is 22.7 Å². The summed E-state index contributed by atoms with van der Waals surface area (Å²) < 4.78 is 4.56. The Hall–Kier alpha value is -2.97. The molecule has 1 fully saturated rings. The SMILES string of the molecule is COC(=O)c1cc(NC(=O)[C@@H]2CC(=O)N(C(C)C)C2)cc([N+](=O)[O-])c1. The number of rotatable bonds is 5. The van der Waals surface area contributed by atoms with Gasteiger partial charge >= 0.3 is 5.97 Å². The van der Waals surface area contributed by atoms with Crippen LogP contribution in [0, 0.1) is 16.0 Å². The van der Waals surface area contributed by atoms with Gasteiger partial charge in [0.25, 0.3) is 5.69 Å². The zero-order valence-corrected chi connectivity index (χ0v) is 14.1. The fourth-order valence-electron chi connectivity index (χ4n) is 2.68. The van der Waals surface area contributed by atoms with Gasteiger partial charge in [-0.2, -0.15) is 0 Å². The van der Waals surface area contributed by atoms with Gasteiger partial charge in [0.15, 0.2) is 0 Å². The van der Waals surface area contributed by atoms with Crippen LogP contribution in [0.5, 0.6) is 0 Å². The van der Waals surface area contributed by atoms with Gasteiger partial charge in [0.05, 0.1) is 23.5 Å². The molecule has 1 aliphatic rings. The van der Waals surface area contributed by atoms with Crippen LogP contribution in [0.4, 0.5) is 11.4 Å². The molecule has 1 N–H and O–H groups in total. The fraction of sp³-hybridized carbons (Fsp3) is 0.438. The molecule has 1 aliphatic heterocycles. The molecular weight excluding hydrogens is 330 g/mol. The number of carbonyl (C=O) groups is 3. The van der Waals surface area contributed by atoms with Crippen molar-refractivity contribution >= 4 is 29.2 Å². The number of anilines is 1. The second-order valence-electron chi connectivity index (χ2n) is 6.05. The number of hydrogen-bond acceptors (Lipinski definition) is 6. The van der Waals surface area contributed by atoms with Crippen LogP contribution in [0.3, 0.4) is 0 Å². The number of nitrogens with zero attached hydrogens (tertiary/aromatic N) is 2. The average molecular weight is 349 g/mol. The molecule has 2 rings (SSSR count). The number of likely N-dealkylation sites (tertiary alicyclic amines) is 1. The molecule has 2 amide bonds. The van der Waals surface area contributed by atoms with E-state index in [-0.39, 0.29) is 35.3 Å². The predicted octanol–water partition coefficient (Wildman–Crippen LogP) is 1.58. The number of nitrogens with one attached hydrogen (secondary N) is 1. The molecule has 0 radical (unpaired) electrons. The van der Waals surface area contributed by atoms with E-state index in [4.69, 9.17) is 0 Å². The van der Waals surface area contributed by atoms with Crippen LogP contribution in [-0.2, 0) is 14.3 Å². The lowest BCUT2D eigenvalue weighted by Gasteiger charge is -2.20. The van der Waals surface area contributed by atoms with E-state index in [9.17, 15) is 24.5 Å². The number of hydrogen-bond donors (Lipinski definition) is 1. The fourth-order valence-corrected chi connectivity index (χ4v) is 2.68. The first-order valence-corrected chi connectivity index (χ1v) is 7.71. The zero-order chi connectivity index (χ0) is 18.7. The third-order valence-electron chi connectivity index (χ3n) is 3.97. The number of carbonyl (C=O) groups excluding carboxylic acids is 3. The van der Waals surface area contributed by atoms with E-state index >= 15 is 0 Å². The number of methoxy groups -OCH3 is 1. The Morgan fingerprint density at radius 3 is 2.56 bits per heavy atom. The van der Waals surface area contributed by atoms with Crippen molar-refractivity contribution in [3.05, 3.63) is 33.9 Å². The first kappa shape index (κ1) is 18.4. The Bertz CT molecular complexity index is 731. The van der Waals surface area contributed by atoms with Crippen molar-refractivity contribution in [2.24, 2.45) is 5.92 Å². The van der Waals surface area contributed by atoms with Crippen molar-refractivity contribution in [3.63, 3.8) is 0 Å². The molecule has 0 saturated carbocycles. The summed E-state index contributed by atoms with van der Waals surface area (Å²) in [6.07, 6.45) is 0.0861. The van der Waals surface area contributed by atoms with Crippen molar-refractivity contribution in [2.45, 2.75) is 26.3 Å². The van der Waals surface area contributed by atoms with Crippen LogP contribution in [0.25, 0.3) is 0 Å². The molecular formula is C16H19N3O6. The van der Waals surface area contributed by atoms with E-state index in [0.717, 1.165) is 19.2 Å². The monoisotopic (exact) mass is 349 g/mol. The number of amides is 2. The first-order chi connectivity index (χ1) is 11.7. The third-order valence-corrected chi connectivity index (χ3v) is 3.97. The van der Waals surface area contributed by atoms with Gasteiger partial charge in [-0.3, -0.25) is 19.7 Å². The van der Waals surface area contributed by atoms with Crippen molar-refractivity contribution in [1.82, 2.24) is 4.90 Å². The first-order valence-electron chi connectivity index (χ1n) is 7.71. The van der Waals surface area contributed by atoms with Gasteiger partial charge in [0.2, 0.25) is 11.8 Å². The highest BCUT2D eigenvalue weighted by Gasteiger charge is 2.35. The van der Waals surface area contributed by atoms with Crippen LogP contribution < -0.4 is 5.32 Å². The maximum atomic E-state index is 12.4. The molecule has 1 atom stereocenters. The molecule has 0 unspecified atom stereocenters. The minimum Gasteiger partial charge on any atom is -0.465 e. The summed E-state index contributed by atoms with van der Waals surface area (Å²) in [6, 6.07) is 3.52. The Kier molecular flexibility index (Phi) is 5.35. The summed E-state index contributed by atoms with van der Waals surface area (Å²) in [5, 5.41) is 13.6. The van der Waals surface area contributed by atoms with E-state index in [2.05, 4.69) is 10.1 Å². The highest BCUT2D eigenvalue weighted by molar-refractivity contribution is 5.99. The van der Waals surface area contributed by atoms with Gasteiger partial charge in [-0.05, 0) is 19.9 Å². The minimum absolute atomic E-state index is 0.00552. The number of ether oxygens (including phenoxy) is 1. The minimum atomic E-state index is -0.749. The molecule has 0 aromatic heterocycles. The van der Waals surface area contributed by atoms with Crippen LogP contribution >= 0.6 is 0 Å². The number of nitro benzene ring substituents is 1. The smallest absolute Gasteiger partial charge is 0.338 e. The molecule has 0 aliphatic carbocycles. The van der Waals surface area contributed by atoms with Crippen molar-refractivity contribution in [1.29, 1.82) is 0 Å². The van der Waals surface area contributed by atoms with Gasteiger partial charge in [-0.15, -0.1) is 0 Å². The van der Waals surface area contributed by atoms with Crippen molar-refractivity contribution in [2.75, 3.05) is 19.0 Å². The summed E-state index contributed by atoms with van der Waals surface area (Å²) in [7, 11) is 1.16. The lowest BCUT2D eigenvalue weighted by molar-refractivity contribution is -0.384. The molecule has 0 bridgehead atoms. The van der Waals surface area contributed by atoms with E-state index in [1.165, 1.54) is 6.07 Å². The molecule has 0 spiro atoms. The van der Waals surface area contributed by atoms with Gasteiger partial charge in [-0.1, -0.05) is 0 Å². The van der Waals surface area contributed by atoms with Gasteiger partial charge in [0, 0.05) is 36.8 Å². The standard InChI is InChI=1S/C16H19N3O6/c1-9(2)18-8-11(6-14(18)20)15(21)17-12-4-10(16(22)25-3)5-13(7-12)19(23)24/h4-5,7,9,11H,6,8H2,1-3H3,(H,17,21)/t11-/m1/s1. The molecule has 1 saturated heterocycles. The Balaban J connectivity index is 2.20. The van der Waals surface area contributed by atoms with E-state index in [0.29, 0.717) is 6.54 Å². The number of nitro groups is 1. The van der Waals surface area contributed by atoms with E-state index in [1.807, 2.05) is 13.8 Å². The topological polar surface area (TPSA) is 119 Å². The summed E-state index contributed by atoms with van der Waals surface area (Å²) >= 11 is 0. The zero-order valence-electron chi connectivity index (χ0n) is 14.1. The Morgan fingerprint density at radius 1 is 1.36 bits per heavy atom. The largest absolute Gasteiger partial charge is 0.465 e. The lowest BCUT2D eigenvalue weighted by Crippen LogP contribution is -2.33. The molecule has 134 valence electrons. The average Bonchev–Trinajstić information content (AvgIpc) is 2.96. The van der Waals surface area contributed by atoms with Crippen molar-refractivity contribution in [3.8, 4) is 0 Å². The van der Waals surface area contributed by atoms with Gasteiger partial charge in [0.1, 0.15) is 0 Å². The number of non-ortho nitro benzene ring substituents is 1. The maximum Gasteiger partial charge on any atom is 0.338 e. The predicted molar refractivity (Wildman–Crippen MR) is 88.0 cm³/mol. The van der Waals surface area contributed by atoms with Crippen LogP contribution in [-0.4, -0.2) is 47.3 Å².